The van der Waals surface area contributed by atoms with Crippen LogP contribution in [-0.2, 0) is 14.3 Å². The van der Waals surface area contributed by atoms with Gasteiger partial charge in [0.1, 0.15) is 6.61 Å². The molecule has 20 heavy (non-hydrogen) atoms. The molecular formula is C14H20N2O4. The van der Waals surface area contributed by atoms with Gasteiger partial charge in [-0.3, -0.25) is 4.79 Å². The molecule has 0 heterocycles. The van der Waals surface area contributed by atoms with E-state index < -0.39 is 5.97 Å². The van der Waals surface area contributed by atoms with Gasteiger partial charge < -0.3 is 20.1 Å². The van der Waals surface area contributed by atoms with Crippen LogP contribution in [0.5, 0.6) is 0 Å². The van der Waals surface area contributed by atoms with Crippen molar-refractivity contribution in [2.45, 2.75) is 13.8 Å². The van der Waals surface area contributed by atoms with Crippen molar-refractivity contribution in [2.75, 3.05) is 37.5 Å². The Morgan fingerprint density at radius 1 is 1.30 bits per heavy atom. The zero-order valence-corrected chi connectivity index (χ0v) is 12.0. The van der Waals surface area contributed by atoms with Crippen LogP contribution in [0.1, 0.15) is 24.2 Å². The Bertz CT molecular complexity index is 488. The average molecular weight is 280 g/mol. The van der Waals surface area contributed by atoms with Crippen LogP contribution in [0.15, 0.2) is 18.2 Å². The van der Waals surface area contributed by atoms with E-state index in [2.05, 4.69) is 0 Å². The lowest BCUT2D eigenvalue weighted by Gasteiger charge is -2.23. The quantitative estimate of drug-likeness (QED) is 0.630. The zero-order chi connectivity index (χ0) is 15.1. The van der Waals surface area contributed by atoms with Gasteiger partial charge in [0.2, 0.25) is 0 Å². The molecule has 1 amide bonds. The van der Waals surface area contributed by atoms with E-state index in [0.29, 0.717) is 30.1 Å². The highest BCUT2D eigenvalue weighted by atomic mass is 16.5. The molecule has 1 aromatic rings. The van der Waals surface area contributed by atoms with Crippen LogP contribution in [0.25, 0.3) is 0 Å². The lowest BCUT2D eigenvalue weighted by atomic mass is 10.1. The highest BCUT2D eigenvalue weighted by molar-refractivity contribution is 6.03. The molecule has 110 valence electrons. The van der Waals surface area contributed by atoms with E-state index >= 15 is 0 Å². The van der Waals surface area contributed by atoms with Crippen LogP contribution < -0.4 is 10.6 Å². The van der Waals surface area contributed by atoms with Crippen LogP contribution in [0.3, 0.4) is 0 Å². The molecule has 6 nitrogen and oxygen atoms in total. The monoisotopic (exact) mass is 280 g/mol. The second-order valence-electron chi connectivity index (χ2n) is 4.04. The number of esters is 1. The van der Waals surface area contributed by atoms with Crippen molar-refractivity contribution in [3.8, 4) is 0 Å². The van der Waals surface area contributed by atoms with Crippen LogP contribution >= 0.6 is 0 Å². The minimum Gasteiger partial charge on any atom is -0.465 e. The molecule has 0 radical (unpaired) electrons. The topological polar surface area (TPSA) is 81.9 Å². The number of rotatable bonds is 6. The second-order valence-corrected chi connectivity index (χ2v) is 4.04. The Kier molecular flexibility index (Phi) is 5.99. The highest BCUT2D eigenvalue weighted by Crippen LogP contribution is 2.24. The van der Waals surface area contributed by atoms with E-state index in [1.54, 1.807) is 18.2 Å². The van der Waals surface area contributed by atoms with Crippen molar-refractivity contribution >= 4 is 23.3 Å². The van der Waals surface area contributed by atoms with E-state index in [1.807, 2.05) is 13.8 Å². The number of methoxy groups -OCH3 is 1. The minimum atomic E-state index is -0.511. The van der Waals surface area contributed by atoms with E-state index in [-0.39, 0.29) is 12.5 Å². The van der Waals surface area contributed by atoms with Crippen molar-refractivity contribution < 1.29 is 19.1 Å². The smallest absolute Gasteiger partial charge is 0.339 e. The SMILES string of the molecule is CCOCC(=O)N(CC)c1cc(N)ccc1C(=O)OC. The van der Waals surface area contributed by atoms with E-state index in [9.17, 15) is 9.59 Å². The number of nitrogens with two attached hydrogens (primary N) is 1. The van der Waals surface area contributed by atoms with Gasteiger partial charge >= 0.3 is 5.97 Å². The summed E-state index contributed by atoms with van der Waals surface area (Å²) in [4.78, 5) is 25.3. The van der Waals surface area contributed by atoms with Crippen LogP contribution in [0.4, 0.5) is 11.4 Å². The summed E-state index contributed by atoms with van der Waals surface area (Å²) in [5.74, 6) is -0.743. The van der Waals surface area contributed by atoms with Crippen molar-refractivity contribution in [1.29, 1.82) is 0 Å². The van der Waals surface area contributed by atoms with E-state index in [1.165, 1.54) is 12.0 Å². The molecular weight excluding hydrogens is 260 g/mol. The predicted octanol–water partition coefficient (Wildman–Crippen LogP) is 1.44. The molecule has 0 spiro atoms. The first-order valence-corrected chi connectivity index (χ1v) is 6.41. The number of carbonyl (C=O) groups is 2. The lowest BCUT2D eigenvalue weighted by Crippen LogP contribution is -2.35. The molecule has 0 fully saturated rings. The molecule has 1 rings (SSSR count). The summed E-state index contributed by atoms with van der Waals surface area (Å²) in [5.41, 5.74) is 6.94. The molecule has 1 aromatic carbocycles. The number of nitrogen functional groups attached to an aromatic ring is 1. The summed E-state index contributed by atoms with van der Waals surface area (Å²) in [7, 11) is 1.29. The minimum absolute atomic E-state index is 0.0419. The van der Waals surface area contributed by atoms with Crippen LogP contribution in [-0.4, -0.2) is 38.7 Å². The molecule has 0 aliphatic rings. The standard InChI is InChI=1S/C14H20N2O4/c1-4-16(13(17)9-20-5-2)12-8-10(15)6-7-11(12)14(18)19-3/h6-8H,4-5,9,15H2,1-3H3. The Labute approximate surface area is 118 Å². The number of hydrogen-bond acceptors (Lipinski definition) is 5. The second kappa shape index (κ2) is 7.49. The van der Waals surface area contributed by atoms with Crippen LogP contribution in [0, 0.1) is 0 Å². The summed E-state index contributed by atoms with van der Waals surface area (Å²) >= 11 is 0. The molecule has 0 saturated heterocycles. The number of hydrogen-bond donors (Lipinski definition) is 1. The molecule has 0 bridgehead atoms. The maximum atomic E-state index is 12.1. The fraction of sp³-hybridized carbons (Fsp3) is 0.429. The van der Waals surface area contributed by atoms with Crippen molar-refractivity contribution in [1.82, 2.24) is 0 Å². The number of anilines is 2. The number of amides is 1. The first-order chi connectivity index (χ1) is 9.54. The van der Waals surface area contributed by atoms with Gasteiger partial charge in [0.05, 0.1) is 18.4 Å². The van der Waals surface area contributed by atoms with Gasteiger partial charge in [-0.25, -0.2) is 4.79 Å². The van der Waals surface area contributed by atoms with Gasteiger partial charge in [0.15, 0.2) is 0 Å². The van der Waals surface area contributed by atoms with Gasteiger partial charge in [-0.2, -0.15) is 0 Å². The first kappa shape index (κ1) is 16.0. The molecule has 0 unspecified atom stereocenters. The van der Waals surface area contributed by atoms with Gasteiger partial charge in [-0.05, 0) is 32.0 Å². The number of nitrogens with zero attached hydrogens (tertiary/aromatic N) is 1. The third kappa shape index (κ3) is 3.71. The predicted molar refractivity (Wildman–Crippen MR) is 76.7 cm³/mol. The maximum Gasteiger partial charge on any atom is 0.339 e. The third-order valence-corrected chi connectivity index (χ3v) is 2.76. The highest BCUT2D eigenvalue weighted by Gasteiger charge is 2.21. The molecule has 0 atom stereocenters. The Hall–Kier alpha value is -2.08. The molecule has 0 aromatic heterocycles. The fourth-order valence-electron chi connectivity index (χ4n) is 1.80. The Morgan fingerprint density at radius 2 is 2.00 bits per heavy atom. The summed E-state index contributed by atoms with van der Waals surface area (Å²) in [5, 5.41) is 0. The molecule has 0 saturated carbocycles. The average Bonchev–Trinajstić information content (AvgIpc) is 2.45. The van der Waals surface area contributed by atoms with Crippen molar-refractivity contribution in [3.63, 3.8) is 0 Å². The zero-order valence-electron chi connectivity index (χ0n) is 12.0. The fourth-order valence-corrected chi connectivity index (χ4v) is 1.80. The largest absolute Gasteiger partial charge is 0.465 e. The summed E-state index contributed by atoms with van der Waals surface area (Å²) in [6.07, 6.45) is 0. The van der Waals surface area contributed by atoms with Gasteiger partial charge in [-0.1, -0.05) is 0 Å². The number of likely N-dealkylation sites (N-methyl/N-ethyl adjacent to an activating group) is 1. The molecule has 0 aliphatic heterocycles. The molecule has 6 heteroatoms. The number of benzene rings is 1. The molecule has 2 N–H and O–H groups in total. The van der Waals surface area contributed by atoms with Gasteiger partial charge in [0.25, 0.3) is 5.91 Å². The van der Waals surface area contributed by atoms with Gasteiger partial charge in [0, 0.05) is 18.8 Å². The maximum absolute atomic E-state index is 12.1. The van der Waals surface area contributed by atoms with Crippen molar-refractivity contribution in [2.24, 2.45) is 0 Å². The lowest BCUT2D eigenvalue weighted by molar-refractivity contribution is -0.122. The molecule has 0 aliphatic carbocycles. The number of carbonyl (C=O) groups excluding carboxylic acids is 2. The first-order valence-electron chi connectivity index (χ1n) is 6.41. The van der Waals surface area contributed by atoms with Gasteiger partial charge in [-0.15, -0.1) is 0 Å². The normalized spacial score (nSPS) is 10.2. The number of ether oxygens (including phenoxy) is 2. The third-order valence-electron chi connectivity index (χ3n) is 2.76. The van der Waals surface area contributed by atoms with Crippen molar-refractivity contribution in [3.05, 3.63) is 23.8 Å². The van der Waals surface area contributed by atoms with E-state index in [4.69, 9.17) is 15.2 Å². The summed E-state index contributed by atoms with van der Waals surface area (Å²) in [6, 6.07) is 4.73. The van der Waals surface area contributed by atoms with E-state index in [0.717, 1.165) is 0 Å². The Balaban J connectivity index is 3.16. The summed E-state index contributed by atoms with van der Waals surface area (Å²) < 4.78 is 9.84. The van der Waals surface area contributed by atoms with Crippen LogP contribution in [0.2, 0.25) is 0 Å². The summed E-state index contributed by atoms with van der Waals surface area (Å²) in [6.45, 7) is 4.43. The Morgan fingerprint density at radius 3 is 2.55 bits per heavy atom.